The summed E-state index contributed by atoms with van der Waals surface area (Å²) in [5.41, 5.74) is 7.00. The lowest BCUT2D eigenvalue weighted by Crippen LogP contribution is -2.24. The zero-order valence-electron chi connectivity index (χ0n) is 13.5. The number of Topliss-reactive ketones (excluding diaryl/α,β-unsaturated/α-hetero) is 1. The summed E-state index contributed by atoms with van der Waals surface area (Å²) in [6.45, 7) is 1.37. The predicted octanol–water partition coefficient (Wildman–Crippen LogP) is 3.63. The molecule has 1 aliphatic rings. The summed E-state index contributed by atoms with van der Waals surface area (Å²) in [6, 6.07) is 16.9. The molecule has 2 N–H and O–H groups in total. The summed E-state index contributed by atoms with van der Waals surface area (Å²) < 4.78 is 20.0. The molecule has 4 nitrogen and oxygen atoms in total. The summed E-state index contributed by atoms with van der Waals surface area (Å²) in [5, 5.41) is 9.52. The number of carbonyl (C=O) groups is 1. The molecule has 124 valence electrons. The predicted molar refractivity (Wildman–Crippen MR) is 91.1 cm³/mol. The Kier molecular flexibility index (Phi) is 4.36. The summed E-state index contributed by atoms with van der Waals surface area (Å²) in [7, 11) is 0. The van der Waals surface area contributed by atoms with Gasteiger partial charge >= 0.3 is 0 Å². The first kappa shape index (κ1) is 16.5. The topological polar surface area (TPSA) is 76.1 Å². The van der Waals surface area contributed by atoms with Gasteiger partial charge in [0.25, 0.3) is 0 Å². The molecule has 0 radical (unpaired) electrons. The minimum atomic E-state index is -0.910. The van der Waals surface area contributed by atoms with Crippen molar-refractivity contribution in [3.63, 3.8) is 0 Å². The number of hydrogen-bond donors (Lipinski definition) is 1. The molecular weight excluding hydrogens is 319 g/mol. The van der Waals surface area contributed by atoms with E-state index in [0.717, 1.165) is 0 Å². The molecule has 0 saturated heterocycles. The smallest absolute Gasteiger partial charge is 0.205 e. The van der Waals surface area contributed by atoms with Gasteiger partial charge < -0.3 is 10.5 Å². The maximum Gasteiger partial charge on any atom is 0.205 e. The number of nitriles is 1. The lowest BCUT2D eigenvalue weighted by atomic mass is 9.80. The molecule has 5 heteroatoms. The van der Waals surface area contributed by atoms with E-state index in [1.807, 2.05) is 12.1 Å². The Morgan fingerprint density at radius 1 is 1.16 bits per heavy atom. The first-order chi connectivity index (χ1) is 12.0. The number of ketones is 1. The van der Waals surface area contributed by atoms with Crippen LogP contribution in [0.25, 0.3) is 5.76 Å². The van der Waals surface area contributed by atoms with Gasteiger partial charge in [-0.05, 0) is 13.0 Å². The lowest BCUT2D eigenvalue weighted by molar-refractivity contribution is -0.113. The molecule has 0 saturated carbocycles. The van der Waals surface area contributed by atoms with Crippen LogP contribution < -0.4 is 5.73 Å². The van der Waals surface area contributed by atoms with Crippen molar-refractivity contribution in [2.75, 3.05) is 0 Å². The van der Waals surface area contributed by atoms with E-state index in [-0.39, 0.29) is 34.1 Å². The van der Waals surface area contributed by atoms with Gasteiger partial charge in [0.05, 0.1) is 11.5 Å². The van der Waals surface area contributed by atoms with E-state index in [1.165, 1.54) is 13.0 Å². The Morgan fingerprint density at radius 3 is 2.40 bits per heavy atom. The van der Waals surface area contributed by atoms with Crippen molar-refractivity contribution in [3.05, 3.63) is 88.6 Å². The van der Waals surface area contributed by atoms with Gasteiger partial charge in [-0.15, -0.1) is 0 Å². The van der Waals surface area contributed by atoms with Crippen molar-refractivity contribution >= 4 is 11.5 Å². The van der Waals surface area contributed by atoms with Crippen LogP contribution >= 0.6 is 0 Å². The number of carbonyl (C=O) groups excluding carboxylic acids is 1. The lowest BCUT2D eigenvalue weighted by Gasteiger charge is -2.28. The second-order valence-corrected chi connectivity index (χ2v) is 5.61. The Hall–Kier alpha value is -3.39. The van der Waals surface area contributed by atoms with Crippen LogP contribution in [0.3, 0.4) is 0 Å². The van der Waals surface area contributed by atoms with Gasteiger partial charge in [-0.3, -0.25) is 4.79 Å². The number of allylic oxidation sites excluding steroid dienone is 2. The number of benzene rings is 2. The number of halogens is 1. The van der Waals surface area contributed by atoms with Gasteiger partial charge in [-0.1, -0.05) is 48.5 Å². The van der Waals surface area contributed by atoms with Crippen LogP contribution in [0, 0.1) is 17.1 Å². The minimum Gasteiger partial charge on any atom is -0.439 e. The SMILES string of the molecule is CC(=O)C1=C(c2ccccc2)OC(N)=C(C#N)[C@@H]1c1ccccc1F. The fourth-order valence-corrected chi connectivity index (χ4v) is 2.94. The first-order valence-electron chi connectivity index (χ1n) is 7.67. The number of hydrogen-bond acceptors (Lipinski definition) is 4. The summed E-state index contributed by atoms with van der Waals surface area (Å²) in [5.74, 6) is -1.61. The molecule has 0 bridgehead atoms. The van der Waals surface area contributed by atoms with Crippen molar-refractivity contribution in [3.8, 4) is 6.07 Å². The van der Waals surface area contributed by atoms with Gasteiger partial charge in [0.15, 0.2) is 5.78 Å². The molecule has 0 aliphatic carbocycles. The second kappa shape index (κ2) is 6.62. The summed E-state index contributed by atoms with van der Waals surface area (Å²) in [6.07, 6.45) is 0. The van der Waals surface area contributed by atoms with Crippen molar-refractivity contribution in [1.29, 1.82) is 5.26 Å². The van der Waals surface area contributed by atoms with Crippen LogP contribution in [-0.2, 0) is 9.53 Å². The number of nitrogens with two attached hydrogens (primary N) is 1. The van der Waals surface area contributed by atoms with E-state index >= 15 is 0 Å². The fraction of sp³-hybridized carbons (Fsp3) is 0.100. The van der Waals surface area contributed by atoms with E-state index in [1.54, 1.807) is 42.5 Å². The van der Waals surface area contributed by atoms with Crippen molar-refractivity contribution in [1.82, 2.24) is 0 Å². The molecule has 0 amide bonds. The number of rotatable bonds is 3. The Bertz CT molecular complexity index is 940. The van der Waals surface area contributed by atoms with Crippen LogP contribution in [-0.4, -0.2) is 5.78 Å². The Balaban J connectivity index is 2.31. The third-order valence-electron chi connectivity index (χ3n) is 4.05. The highest BCUT2D eigenvalue weighted by molar-refractivity contribution is 6.03. The molecule has 0 fully saturated rings. The van der Waals surface area contributed by atoms with E-state index in [0.29, 0.717) is 5.56 Å². The highest BCUT2D eigenvalue weighted by atomic mass is 19.1. The van der Waals surface area contributed by atoms with Gasteiger partial charge in [-0.25, -0.2) is 4.39 Å². The molecule has 25 heavy (non-hydrogen) atoms. The zero-order valence-corrected chi connectivity index (χ0v) is 13.5. The summed E-state index contributed by atoms with van der Waals surface area (Å²) in [4.78, 5) is 12.4. The third-order valence-corrected chi connectivity index (χ3v) is 4.05. The van der Waals surface area contributed by atoms with Crippen LogP contribution in [0.1, 0.15) is 24.0 Å². The van der Waals surface area contributed by atoms with E-state index < -0.39 is 11.7 Å². The van der Waals surface area contributed by atoms with Crippen molar-refractivity contribution in [2.45, 2.75) is 12.8 Å². The molecular formula is C20H15FN2O2. The maximum absolute atomic E-state index is 14.4. The molecule has 0 spiro atoms. The Morgan fingerprint density at radius 2 is 1.80 bits per heavy atom. The third kappa shape index (κ3) is 2.90. The van der Waals surface area contributed by atoms with Crippen LogP contribution in [0.5, 0.6) is 0 Å². The normalized spacial score (nSPS) is 17.1. The molecule has 0 aromatic heterocycles. The minimum absolute atomic E-state index is 0.0231. The van der Waals surface area contributed by atoms with Gasteiger partial charge in [0.1, 0.15) is 23.2 Å². The molecule has 3 rings (SSSR count). The van der Waals surface area contributed by atoms with Gasteiger partial charge in [0, 0.05) is 11.1 Å². The first-order valence-corrected chi connectivity index (χ1v) is 7.67. The van der Waals surface area contributed by atoms with Gasteiger partial charge in [0.2, 0.25) is 5.88 Å². The van der Waals surface area contributed by atoms with Crippen LogP contribution in [0.4, 0.5) is 4.39 Å². The highest BCUT2D eigenvalue weighted by Gasteiger charge is 2.36. The number of nitrogens with zero attached hydrogens (tertiary/aromatic N) is 1. The summed E-state index contributed by atoms with van der Waals surface area (Å²) >= 11 is 0. The molecule has 1 heterocycles. The van der Waals surface area contributed by atoms with Crippen LogP contribution in [0.15, 0.2) is 71.6 Å². The van der Waals surface area contributed by atoms with Gasteiger partial charge in [-0.2, -0.15) is 5.26 Å². The molecule has 0 unspecified atom stereocenters. The average molecular weight is 334 g/mol. The maximum atomic E-state index is 14.4. The fourth-order valence-electron chi connectivity index (χ4n) is 2.94. The molecule has 1 atom stereocenters. The van der Waals surface area contributed by atoms with E-state index in [4.69, 9.17) is 10.5 Å². The highest BCUT2D eigenvalue weighted by Crippen LogP contribution is 2.43. The van der Waals surface area contributed by atoms with E-state index in [2.05, 4.69) is 0 Å². The average Bonchev–Trinajstić information content (AvgIpc) is 2.61. The van der Waals surface area contributed by atoms with Crippen molar-refractivity contribution < 1.29 is 13.9 Å². The number of ether oxygens (including phenoxy) is 1. The quantitative estimate of drug-likeness (QED) is 0.930. The van der Waals surface area contributed by atoms with E-state index in [9.17, 15) is 14.4 Å². The monoisotopic (exact) mass is 334 g/mol. The zero-order chi connectivity index (χ0) is 18.0. The molecule has 2 aromatic carbocycles. The van der Waals surface area contributed by atoms with Crippen molar-refractivity contribution in [2.24, 2.45) is 5.73 Å². The second-order valence-electron chi connectivity index (χ2n) is 5.61. The standard InChI is InChI=1S/C20H15FN2O2/c1-12(24)17-18(14-9-5-6-10-16(14)21)15(11-22)20(23)25-19(17)13-7-3-2-4-8-13/h2-10,18H,23H2,1H3/t18-/m0/s1. The van der Waals surface area contributed by atoms with Crippen LogP contribution in [0.2, 0.25) is 0 Å². The molecule has 1 aliphatic heterocycles. The largest absolute Gasteiger partial charge is 0.439 e. The molecule has 2 aromatic rings. The Labute approximate surface area is 144 Å².